The summed E-state index contributed by atoms with van der Waals surface area (Å²) >= 11 is 9.22. The van der Waals surface area contributed by atoms with Crippen LogP contribution in [0.5, 0.6) is 0 Å². The van der Waals surface area contributed by atoms with Gasteiger partial charge in [0.1, 0.15) is 0 Å². The van der Waals surface area contributed by atoms with Crippen LogP contribution in [0.25, 0.3) is 16.3 Å². The van der Waals surface area contributed by atoms with Crippen molar-refractivity contribution in [1.82, 2.24) is 4.57 Å². The first-order valence-electron chi connectivity index (χ1n) is 6.19. The van der Waals surface area contributed by atoms with Gasteiger partial charge in [-0.05, 0) is 29.7 Å². The summed E-state index contributed by atoms with van der Waals surface area (Å²) in [5, 5.41) is 2.63. The molecule has 3 aromatic rings. The molecule has 0 saturated carbocycles. The van der Waals surface area contributed by atoms with Crippen molar-refractivity contribution >= 4 is 56.5 Å². The third-order valence-corrected chi connectivity index (χ3v) is 5.15. The SMILES string of the molecule is Cn1c(=NC(=O)C=Cc2cccs2)sc2cccc(Cl)c21. The lowest BCUT2D eigenvalue weighted by Gasteiger charge is -1.96. The molecule has 1 amide bonds. The van der Waals surface area contributed by atoms with Gasteiger partial charge in [-0.2, -0.15) is 4.99 Å². The van der Waals surface area contributed by atoms with Crippen LogP contribution >= 0.6 is 34.3 Å². The zero-order chi connectivity index (χ0) is 14.8. The van der Waals surface area contributed by atoms with Gasteiger partial charge in [-0.3, -0.25) is 4.79 Å². The summed E-state index contributed by atoms with van der Waals surface area (Å²) in [4.78, 5) is 17.7. The number of carbonyl (C=O) groups excluding carboxylic acids is 1. The van der Waals surface area contributed by atoms with Gasteiger partial charge in [0, 0.05) is 18.0 Å². The molecule has 2 heterocycles. The summed E-state index contributed by atoms with van der Waals surface area (Å²) in [5.41, 5.74) is 0.901. The molecule has 106 valence electrons. The van der Waals surface area contributed by atoms with Crippen molar-refractivity contribution in [3.8, 4) is 0 Å². The van der Waals surface area contributed by atoms with Crippen molar-refractivity contribution in [2.45, 2.75) is 0 Å². The van der Waals surface area contributed by atoms with E-state index >= 15 is 0 Å². The first-order valence-corrected chi connectivity index (χ1v) is 8.27. The average molecular weight is 335 g/mol. The van der Waals surface area contributed by atoms with E-state index in [4.69, 9.17) is 11.6 Å². The molecule has 1 aromatic carbocycles. The van der Waals surface area contributed by atoms with Crippen LogP contribution in [0.1, 0.15) is 4.88 Å². The predicted molar refractivity (Wildman–Crippen MR) is 89.7 cm³/mol. The minimum absolute atomic E-state index is 0.276. The number of thiazole rings is 1. The number of benzene rings is 1. The number of halogens is 1. The monoisotopic (exact) mass is 334 g/mol. The van der Waals surface area contributed by atoms with Crippen molar-refractivity contribution in [1.29, 1.82) is 0 Å². The van der Waals surface area contributed by atoms with E-state index in [1.54, 1.807) is 17.4 Å². The fourth-order valence-corrected chi connectivity index (χ4v) is 3.96. The highest BCUT2D eigenvalue weighted by Gasteiger charge is 2.06. The minimum Gasteiger partial charge on any atom is -0.318 e. The van der Waals surface area contributed by atoms with Crippen molar-refractivity contribution in [3.63, 3.8) is 0 Å². The number of fused-ring (bicyclic) bond motifs is 1. The molecule has 0 saturated heterocycles. The zero-order valence-electron chi connectivity index (χ0n) is 11.1. The molecule has 0 aliphatic rings. The number of aromatic nitrogens is 1. The Labute approximate surface area is 134 Å². The number of amides is 1. The number of carbonyl (C=O) groups is 1. The molecule has 0 fully saturated rings. The third-order valence-electron chi connectivity index (χ3n) is 2.91. The van der Waals surface area contributed by atoms with Crippen molar-refractivity contribution in [2.75, 3.05) is 0 Å². The normalized spacial score (nSPS) is 12.6. The summed E-state index contributed by atoms with van der Waals surface area (Å²) in [7, 11) is 1.86. The maximum absolute atomic E-state index is 11.9. The summed E-state index contributed by atoms with van der Waals surface area (Å²) < 4.78 is 2.86. The quantitative estimate of drug-likeness (QED) is 0.650. The van der Waals surface area contributed by atoms with Crippen molar-refractivity contribution in [2.24, 2.45) is 12.0 Å². The van der Waals surface area contributed by atoms with E-state index in [9.17, 15) is 4.79 Å². The largest absolute Gasteiger partial charge is 0.318 e. The molecule has 0 unspecified atom stereocenters. The molecule has 0 aliphatic heterocycles. The highest BCUT2D eigenvalue weighted by molar-refractivity contribution is 7.16. The summed E-state index contributed by atoms with van der Waals surface area (Å²) in [6.07, 6.45) is 3.26. The van der Waals surface area contributed by atoms with E-state index in [-0.39, 0.29) is 5.91 Å². The van der Waals surface area contributed by atoms with Gasteiger partial charge in [0.2, 0.25) is 0 Å². The Morgan fingerprint density at radius 3 is 2.90 bits per heavy atom. The van der Waals surface area contributed by atoms with Gasteiger partial charge in [-0.25, -0.2) is 0 Å². The van der Waals surface area contributed by atoms with Crippen LogP contribution in [-0.2, 0) is 11.8 Å². The van der Waals surface area contributed by atoms with Crippen LogP contribution < -0.4 is 4.80 Å². The van der Waals surface area contributed by atoms with Gasteiger partial charge in [-0.15, -0.1) is 11.3 Å². The second-order valence-corrected chi connectivity index (χ2v) is 6.72. The summed E-state index contributed by atoms with van der Waals surface area (Å²) in [6, 6.07) is 9.59. The first kappa shape index (κ1) is 14.3. The van der Waals surface area contributed by atoms with Crippen LogP contribution in [0, 0.1) is 0 Å². The standard InChI is InChI=1S/C15H11ClN2OS2/c1-18-14-11(16)5-2-6-12(14)21-15(18)17-13(19)8-7-10-4-3-9-20-10/h2-9H,1H3. The molecule has 0 radical (unpaired) electrons. The first-order chi connectivity index (χ1) is 10.1. The van der Waals surface area contributed by atoms with Gasteiger partial charge in [0.05, 0.1) is 15.2 Å². The van der Waals surface area contributed by atoms with Crippen LogP contribution in [-0.4, -0.2) is 10.5 Å². The second-order valence-electron chi connectivity index (χ2n) is 4.33. The smallest absolute Gasteiger partial charge is 0.272 e. The fourth-order valence-electron chi connectivity index (χ4n) is 1.93. The maximum atomic E-state index is 11.9. The third kappa shape index (κ3) is 3.00. The average Bonchev–Trinajstić information content (AvgIpc) is 3.07. The van der Waals surface area contributed by atoms with E-state index in [2.05, 4.69) is 4.99 Å². The lowest BCUT2D eigenvalue weighted by Crippen LogP contribution is -2.12. The second kappa shape index (κ2) is 5.97. The van der Waals surface area contributed by atoms with Crippen molar-refractivity contribution in [3.05, 3.63) is 56.5 Å². The van der Waals surface area contributed by atoms with E-state index in [1.165, 1.54) is 17.4 Å². The van der Waals surface area contributed by atoms with E-state index in [0.29, 0.717) is 9.82 Å². The Balaban J connectivity index is 1.98. The minimum atomic E-state index is -0.276. The molecule has 0 aliphatic carbocycles. The topological polar surface area (TPSA) is 34.4 Å². The number of hydrogen-bond acceptors (Lipinski definition) is 3. The predicted octanol–water partition coefficient (Wildman–Crippen LogP) is 4.10. The Morgan fingerprint density at radius 1 is 1.33 bits per heavy atom. The molecule has 6 heteroatoms. The molecule has 2 aromatic heterocycles. The lowest BCUT2D eigenvalue weighted by molar-refractivity contribution is -0.113. The number of aryl methyl sites for hydroxylation is 1. The maximum Gasteiger partial charge on any atom is 0.272 e. The molecule has 3 nitrogen and oxygen atoms in total. The number of nitrogens with zero attached hydrogens (tertiary/aromatic N) is 2. The van der Waals surface area contributed by atoms with Gasteiger partial charge >= 0.3 is 0 Å². The van der Waals surface area contributed by atoms with Gasteiger partial charge in [0.25, 0.3) is 5.91 Å². The molecular formula is C15H11ClN2OS2. The van der Waals surface area contributed by atoms with E-state index < -0.39 is 0 Å². The zero-order valence-corrected chi connectivity index (χ0v) is 13.5. The number of rotatable bonds is 2. The Morgan fingerprint density at radius 2 is 2.19 bits per heavy atom. The van der Waals surface area contributed by atoms with Crippen LogP contribution in [0.3, 0.4) is 0 Å². The Hall–Kier alpha value is -1.69. The molecular weight excluding hydrogens is 324 g/mol. The van der Waals surface area contributed by atoms with Crippen molar-refractivity contribution < 1.29 is 4.79 Å². The van der Waals surface area contributed by atoms with Crippen LogP contribution in [0.4, 0.5) is 0 Å². The van der Waals surface area contributed by atoms with Gasteiger partial charge in [-0.1, -0.05) is 35.1 Å². The summed E-state index contributed by atoms with van der Waals surface area (Å²) in [5.74, 6) is -0.276. The number of thiophene rings is 1. The summed E-state index contributed by atoms with van der Waals surface area (Å²) in [6.45, 7) is 0. The van der Waals surface area contributed by atoms with Gasteiger partial charge < -0.3 is 4.57 Å². The highest BCUT2D eigenvalue weighted by Crippen LogP contribution is 2.24. The Kier molecular flexibility index (Phi) is 4.05. The molecule has 0 bridgehead atoms. The van der Waals surface area contributed by atoms with E-state index in [0.717, 1.165) is 15.1 Å². The molecule has 21 heavy (non-hydrogen) atoms. The molecule has 3 rings (SSSR count). The fraction of sp³-hybridized carbons (Fsp3) is 0.0667. The molecule has 0 spiro atoms. The highest BCUT2D eigenvalue weighted by atomic mass is 35.5. The van der Waals surface area contributed by atoms with Gasteiger partial charge in [0.15, 0.2) is 4.80 Å². The van der Waals surface area contributed by atoms with Crippen LogP contribution in [0.15, 0.2) is 46.8 Å². The Bertz CT molecular complexity index is 888. The number of hydrogen-bond donors (Lipinski definition) is 0. The van der Waals surface area contributed by atoms with Crippen LogP contribution in [0.2, 0.25) is 5.02 Å². The lowest BCUT2D eigenvalue weighted by atomic mass is 10.3. The number of para-hydroxylation sites is 1. The molecule has 0 N–H and O–H groups in total. The van der Waals surface area contributed by atoms with E-state index in [1.807, 2.05) is 47.3 Å². The molecule has 0 atom stereocenters.